The van der Waals surface area contributed by atoms with Crippen molar-refractivity contribution in [1.82, 2.24) is 5.32 Å². The van der Waals surface area contributed by atoms with Crippen molar-refractivity contribution in [1.29, 1.82) is 0 Å². The van der Waals surface area contributed by atoms with E-state index in [2.05, 4.69) is 5.32 Å². The van der Waals surface area contributed by atoms with Gasteiger partial charge in [0.2, 0.25) is 0 Å². The maximum absolute atomic E-state index is 10.5. The van der Waals surface area contributed by atoms with Crippen LogP contribution in [0.5, 0.6) is 0 Å². The number of aldehydes is 1. The maximum atomic E-state index is 10.5. The lowest BCUT2D eigenvalue weighted by atomic mass is 10.1. The molecular weight excluding hydrogens is 162 g/mol. The molecular formula is C11H9NO. The highest BCUT2D eigenvalue weighted by Crippen LogP contribution is 2.15. The van der Waals surface area contributed by atoms with E-state index in [0.29, 0.717) is 5.70 Å². The Balaban J connectivity index is 2.31. The van der Waals surface area contributed by atoms with E-state index in [1.54, 1.807) is 6.08 Å². The molecule has 0 bridgehead atoms. The standard InChI is InChI=1S/C11H9NO/c13-8-10-6-3-7-11(12-10)9-4-1-2-5-9/h1-8,12H. The highest BCUT2D eigenvalue weighted by Gasteiger charge is 2.05. The summed E-state index contributed by atoms with van der Waals surface area (Å²) in [6, 6.07) is 0. The number of carbonyl (C=O) groups is 1. The van der Waals surface area contributed by atoms with Crippen LogP contribution in [0.25, 0.3) is 0 Å². The van der Waals surface area contributed by atoms with Crippen LogP contribution in [0.1, 0.15) is 0 Å². The Morgan fingerprint density at radius 2 is 1.85 bits per heavy atom. The van der Waals surface area contributed by atoms with Crippen LogP contribution in [0.4, 0.5) is 0 Å². The summed E-state index contributed by atoms with van der Waals surface area (Å²) in [4.78, 5) is 10.5. The number of rotatable bonds is 1. The molecule has 13 heavy (non-hydrogen) atoms. The van der Waals surface area contributed by atoms with E-state index in [1.807, 2.05) is 36.5 Å². The second-order valence-corrected chi connectivity index (χ2v) is 2.81. The Labute approximate surface area is 76.6 Å². The van der Waals surface area contributed by atoms with Gasteiger partial charge in [0.15, 0.2) is 6.29 Å². The zero-order valence-electron chi connectivity index (χ0n) is 7.03. The molecule has 0 aromatic heterocycles. The van der Waals surface area contributed by atoms with E-state index in [-0.39, 0.29) is 0 Å². The Morgan fingerprint density at radius 1 is 1.08 bits per heavy atom. The number of hydrogen-bond donors (Lipinski definition) is 1. The molecule has 0 aromatic carbocycles. The Kier molecular flexibility index (Phi) is 1.96. The van der Waals surface area contributed by atoms with Crippen molar-refractivity contribution in [3.63, 3.8) is 0 Å². The molecule has 1 heterocycles. The number of dihydropyridines is 1. The van der Waals surface area contributed by atoms with Crippen LogP contribution in [0.15, 0.2) is 59.5 Å². The molecule has 0 fully saturated rings. The predicted molar refractivity (Wildman–Crippen MR) is 51.7 cm³/mol. The smallest absolute Gasteiger partial charge is 0.166 e. The predicted octanol–water partition coefficient (Wildman–Crippen LogP) is 1.61. The molecule has 0 saturated carbocycles. The van der Waals surface area contributed by atoms with Gasteiger partial charge in [-0.2, -0.15) is 0 Å². The zero-order valence-corrected chi connectivity index (χ0v) is 7.03. The molecule has 2 rings (SSSR count). The van der Waals surface area contributed by atoms with Gasteiger partial charge in [-0.05, 0) is 17.7 Å². The molecule has 1 aliphatic heterocycles. The van der Waals surface area contributed by atoms with E-state index in [1.165, 1.54) is 0 Å². The number of hydrogen-bond acceptors (Lipinski definition) is 2. The highest BCUT2D eigenvalue weighted by molar-refractivity contribution is 5.75. The number of nitrogens with one attached hydrogen (secondary N) is 1. The first kappa shape index (κ1) is 7.80. The second kappa shape index (κ2) is 3.27. The van der Waals surface area contributed by atoms with Gasteiger partial charge in [-0.3, -0.25) is 4.79 Å². The fourth-order valence-electron chi connectivity index (χ4n) is 1.28. The zero-order chi connectivity index (χ0) is 9.10. The maximum Gasteiger partial charge on any atom is 0.166 e. The molecule has 64 valence electrons. The third-order valence-corrected chi connectivity index (χ3v) is 1.92. The van der Waals surface area contributed by atoms with Crippen molar-refractivity contribution in [2.45, 2.75) is 0 Å². The van der Waals surface area contributed by atoms with Crippen LogP contribution in [0.2, 0.25) is 0 Å². The largest absolute Gasteiger partial charge is 0.352 e. The molecule has 0 spiro atoms. The molecule has 0 amide bonds. The van der Waals surface area contributed by atoms with Crippen molar-refractivity contribution in [3.8, 4) is 0 Å². The van der Waals surface area contributed by atoms with Gasteiger partial charge in [0.1, 0.15) is 0 Å². The Morgan fingerprint density at radius 3 is 2.54 bits per heavy atom. The van der Waals surface area contributed by atoms with Crippen LogP contribution >= 0.6 is 0 Å². The number of allylic oxidation sites excluding steroid dienone is 9. The van der Waals surface area contributed by atoms with Gasteiger partial charge in [-0.15, -0.1) is 0 Å². The molecule has 2 aliphatic rings. The van der Waals surface area contributed by atoms with Crippen LogP contribution in [-0.2, 0) is 4.79 Å². The summed E-state index contributed by atoms with van der Waals surface area (Å²) >= 11 is 0. The van der Waals surface area contributed by atoms with Gasteiger partial charge in [-0.25, -0.2) is 0 Å². The van der Waals surface area contributed by atoms with Gasteiger partial charge < -0.3 is 5.32 Å². The highest BCUT2D eigenvalue weighted by atomic mass is 16.1. The van der Waals surface area contributed by atoms with Crippen molar-refractivity contribution in [3.05, 3.63) is 59.5 Å². The molecule has 2 heteroatoms. The molecule has 0 atom stereocenters. The van der Waals surface area contributed by atoms with E-state index in [9.17, 15) is 4.79 Å². The van der Waals surface area contributed by atoms with Crippen LogP contribution < -0.4 is 5.32 Å². The summed E-state index contributed by atoms with van der Waals surface area (Å²) < 4.78 is 0. The monoisotopic (exact) mass is 171 g/mol. The minimum atomic E-state index is 0.596. The summed E-state index contributed by atoms with van der Waals surface area (Å²) in [5.74, 6) is 0. The van der Waals surface area contributed by atoms with E-state index < -0.39 is 0 Å². The molecule has 0 unspecified atom stereocenters. The first-order valence-electron chi connectivity index (χ1n) is 4.10. The van der Waals surface area contributed by atoms with Gasteiger partial charge in [0.25, 0.3) is 0 Å². The Hall–Kier alpha value is -1.83. The fraction of sp³-hybridized carbons (Fsp3) is 0. The van der Waals surface area contributed by atoms with Gasteiger partial charge in [0, 0.05) is 5.70 Å². The number of carbonyl (C=O) groups excluding carboxylic acids is 1. The normalized spacial score (nSPS) is 18.9. The van der Waals surface area contributed by atoms with Gasteiger partial charge in [-0.1, -0.05) is 30.4 Å². The SMILES string of the molecule is O=CC1=CC=CC(=C2C=CC=C2)N1. The molecule has 1 N–H and O–H groups in total. The minimum Gasteiger partial charge on any atom is -0.352 e. The van der Waals surface area contributed by atoms with E-state index >= 15 is 0 Å². The summed E-state index contributed by atoms with van der Waals surface area (Å²) in [5, 5.41) is 3.03. The molecule has 1 aliphatic carbocycles. The van der Waals surface area contributed by atoms with Crippen molar-refractivity contribution in [2.75, 3.05) is 0 Å². The summed E-state index contributed by atoms with van der Waals surface area (Å²) in [5.41, 5.74) is 2.66. The topological polar surface area (TPSA) is 29.1 Å². The van der Waals surface area contributed by atoms with Crippen LogP contribution in [-0.4, -0.2) is 6.29 Å². The molecule has 0 radical (unpaired) electrons. The summed E-state index contributed by atoms with van der Waals surface area (Å²) in [6.07, 6.45) is 14.3. The quantitative estimate of drug-likeness (QED) is 0.607. The lowest BCUT2D eigenvalue weighted by Crippen LogP contribution is -2.15. The van der Waals surface area contributed by atoms with Gasteiger partial charge in [0.05, 0.1) is 5.70 Å². The second-order valence-electron chi connectivity index (χ2n) is 2.81. The van der Waals surface area contributed by atoms with Crippen molar-refractivity contribution < 1.29 is 4.79 Å². The minimum absolute atomic E-state index is 0.596. The van der Waals surface area contributed by atoms with Crippen LogP contribution in [0.3, 0.4) is 0 Å². The fourth-order valence-corrected chi connectivity index (χ4v) is 1.28. The lowest BCUT2D eigenvalue weighted by Gasteiger charge is -2.11. The third-order valence-electron chi connectivity index (χ3n) is 1.92. The van der Waals surface area contributed by atoms with E-state index in [0.717, 1.165) is 17.6 Å². The first-order chi connectivity index (χ1) is 6.40. The van der Waals surface area contributed by atoms with Crippen LogP contribution in [0, 0.1) is 0 Å². The van der Waals surface area contributed by atoms with Crippen molar-refractivity contribution >= 4 is 6.29 Å². The summed E-state index contributed by atoms with van der Waals surface area (Å²) in [6.45, 7) is 0. The average molecular weight is 171 g/mol. The Bertz CT molecular complexity index is 367. The van der Waals surface area contributed by atoms with Crippen molar-refractivity contribution in [2.24, 2.45) is 0 Å². The lowest BCUT2D eigenvalue weighted by molar-refractivity contribution is -0.105. The third kappa shape index (κ3) is 1.51. The summed E-state index contributed by atoms with van der Waals surface area (Å²) in [7, 11) is 0. The van der Waals surface area contributed by atoms with Gasteiger partial charge >= 0.3 is 0 Å². The first-order valence-corrected chi connectivity index (χ1v) is 4.10. The average Bonchev–Trinajstić information content (AvgIpc) is 2.71. The molecule has 2 nitrogen and oxygen atoms in total. The molecule has 0 aromatic rings. The molecule has 0 saturated heterocycles. The van der Waals surface area contributed by atoms with E-state index in [4.69, 9.17) is 0 Å².